The highest BCUT2D eigenvalue weighted by molar-refractivity contribution is 5.66. The summed E-state index contributed by atoms with van der Waals surface area (Å²) >= 11 is 0. The van der Waals surface area contributed by atoms with Crippen LogP contribution in [0.4, 0.5) is 0 Å². The van der Waals surface area contributed by atoms with E-state index in [-0.39, 0.29) is 12.8 Å². The number of aromatic nitrogens is 2. The summed E-state index contributed by atoms with van der Waals surface area (Å²) in [7, 11) is 0. The van der Waals surface area contributed by atoms with Gasteiger partial charge in [-0.15, -0.1) is 0 Å². The Balaban J connectivity index is 2.59. The molecular weight excluding hydrogens is 184 g/mol. The van der Waals surface area contributed by atoms with Crippen molar-refractivity contribution in [2.75, 3.05) is 0 Å². The molecule has 1 unspecified atom stereocenters. The smallest absolute Gasteiger partial charge is 0.303 e. The van der Waals surface area contributed by atoms with Crippen molar-refractivity contribution in [2.24, 2.45) is 0 Å². The molecule has 0 amide bonds. The van der Waals surface area contributed by atoms with Gasteiger partial charge in [0.25, 0.3) is 0 Å². The molecule has 0 aliphatic carbocycles. The summed E-state index contributed by atoms with van der Waals surface area (Å²) in [5, 5.41) is 18.1. The van der Waals surface area contributed by atoms with Crippen molar-refractivity contribution in [1.82, 2.24) is 9.55 Å². The average Bonchev–Trinajstić information content (AvgIpc) is 2.61. The Labute approximate surface area is 82.0 Å². The Morgan fingerprint density at radius 3 is 3.00 bits per heavy atom. The van der Waals surface area contributed by atoms with E-state index in [2.05, 4.69) is 4.98 Å². The van der Waals surface area contributed by atoms with E-state index in [0.29, 0.717) is 5.69 Å². The number of nitrogens with zero attached hydrogens (tertiary/aromatic N) is 2. The van der Waals surface area contributed by atoms with E-state index >= 15 is 0 Å². The van der Waals surface area contributed by atoms with Gasteiger partial charge in [0, 0.05) is 13.0 Å². The van der Waals surface area contributed by atoms with Crippen LogP contribution in [0.2, 0.25) is 0 Å². The first-order chi connectivity index (χ1) is 6.65. The molecule has 0 radical (unpaired) electrons. The summed E-state index contributed by atoms with van der Waals surface area (Å²) < 4.78 is 1.80. The maximum Gasteiger partial charge on any atom is 0.303 e. The quantitative estimate of drug-likeness (QED) is 0.733. The van der Waals surface area contributed by atoms with Crippen molar-refractivity contribution in [1.29, 1.82) is 0 Å². The predicted molar refractivity (Wildman–Crippen MR) is 49.7 cm³/mol. The fraction of sp³-hybridized carbons (Fsp3) is 0.556. The summed E-state index contributed by atoms with van der Waals surface area (Å²) in [5.41, 5.74) is 0.675. The van der Waals surface area contributed by atoms with Crippen LogP contribution in [0.25, 0.3) is 0 Å². The van der Waals surface area contributed by atoms with Crippen LogP contribution < -0.4 is 0 Å². The highest BCUT2D eigenvalue weighted by Crippen LogP contribution is 2.17. The molecule has 1 aromatic rings. The van der Waals surface area contributed by atoms with Crippen molar-refractivity contribution in [3.05, 3.63) is 18.2 Å². The number of hydrogen-bond donors (Lipinski definition) is 2. The van der Waals surface area contributed by atoms with E-state index in [1.165, 1.54) is 0 Å². The number of carboxylic acids is 1. The summed E-state index contributed by atoms with van der Waals surface area (Å²) in [4.78, 5) is 14.2. The molecule has 1 atom stereocenters. The van der Waals surface area contributed by atoms with Crippen LogP contribution >= 0.6 is 0 Å². The summed E-state index contributed by atoms with van der Waals surface area (Å²) in [6.07, 6.45) is 2.64. The number of carboxylic acid groups (broad SMARTS) is 1. The van der Waals surface area contributed by atoms with Crippen LogP contribution in [0.3, 0.4) is 0 Å². The number of hydrogen-bond acceptors (Lipinski definition) is 3. The first-order valence-corrected chi connectivity index (χ1v) is 4.55. The number of imidazole rings is 1. The first kappa shape index (κ1) is 10.7. The Bertz CT molecular complexity index is 309. The maximum absolute atomic E-state index is 10.3. The Morgan fingerprint density at radius 1 is 1.71 bits per heavy atom. The van der Waals surface area contributed by atoms with Gasteiger partial charge in [-0.05, 0) is 13.3 Å². The van der Waals surface area contributed by atoms with Crippen LogP contribution in [0.1, 0.15) is 31.6 Å². The van der Waals surface area contributed by atoms with E-state index in [0.717, 1.165) is 6.54 Å². The van der Waals surface area contributed by atoms with Crippen molar-refractivity contribution in [3.63, 3.8) is 0 Å². The van der Waals surface area contributed by atoms with Gasteiger partial charge < -0.3 is 14.8 Å². The zero-order valence-electron chi connectivity index (χ0n) is 8.05. The fourth-order valence-corrected chi connectivity index (χ4v) is 1.28. The van der Waals surface area contributed by atoms with Crippen molar-refractivity contribution >= 4 is 5.97 Å². The first-order valence-electron chi connectivity index (χ1n) is 4.55. The van der Waals surface area contributed by atoms with Gasteiger partial charge >= 0.3 is 5.97 Å². The SMILES string of the molecule is CCn1cncc1C(O)CCC(=O)O. The van der Waals surface area contributed by atoms with Crippen LogP contribution in [0, 0.1) is 0 Å². The van der Waals surface area contributed by atoms with Gasteiger partial charge in [-0.25, -0.2) is 4.98 Å². The standard InChI is InChI=1S/C9H14N2O3/c1-2-11-6-10-5-7(11)8(12)3-4-9(13)14/h5-6,8,12H,2-4H2,1H3,(H,13,14). The second-order valence-electron chi connectivity index (χ2n) is 3.05. The largest absolute Gasteiger partial charge is 0.481 e. The number of aliphatic carboxylic acids is 1. The minimum Gasteiger partial charge on any atom is -0.481 e. The maximum atomic E-state index is 10.3. The minimum atomic E-state index is -0.897. The summed E-state index contributed by atoms with van der Waals surface area (Å²) in [6.45, 7) is 2.66. The molecule has 0 aliphatic rings. The molecule has 0 saturated heterocycles. The summed E-state index contributed by atoms with van der Waals surface area (Å²) in [5.74, 6) is -0.897. The highest BCUT2D eigenvalue weighted by Gasteiger charge is 2.13. The monoisotopic (exact) mass is 198 g/mol. The average molecular weight is 198 g/mol. The fourth-order valence-electron chi connectivity index (χ4n) is 1.28. The topological polar surface area (TPSA) is 75.3 Å². The predicted octanol–water partition coefficient (Wildman–Crippen LogP) is 0.801. The zero-order valence-corrected chi connectivity index (χ0v) is 8.05. The minimum absolute atomic E-state index is 0.0317. The lowest BCUT2D eigenvalue weighted by Crippen LogP contribution is -2.07. The molecule has 0 aromatic carbocycles. The molecule has 0 aliphatic heterocycles. The lowest BCUT2D eigenvalue weighted by Gasteiger charge is -2.10. The molecule has 0 spiro atoms. The van der Waals surface area contributed by atoms with Crippen LogP contribution in [0.5, 0.6) is 0 Å². The van der Waals surface area contributed by atoms with E-state index < -0.39 is 12.1 Å². The molecule has 78 valence electrons. The molecule has 0 fully saturated rings. The molecule has 1 heterocycles. The van der Waals surface area contributed by atoms with E-state index in [1.807, 2.05) is 6.92 Å². The van der Waals surface area contributed by atoms with E-state index in [1.54, 1.807) is 17.1 Å². The van der Waals surface area contributed by atoms with Gasteiger partial charge in [-0.3, -0.25) is 4.79 Å². The number of aryl methyl sites for hydroxylation is 1. The van der Waals surface area contributed by atoms with Crippen LogP contribution in [-0.2, 0) is 11.3 Å². The van der Waals surface area contributed by atoms with Crippen LogP contribution in [-0.4, -0.2) is 25.7 Å². The molecule has 5 heteroatoms. The van der Waals surface area contributed by atoms with Gasteiger partial charge in [0.1, 0.15) is 0 Å². The third-order valence-corrected chi connectivity index (χ3v) is 2.06. The number of rotatable bonds is 5. The van der Waals surface area contributed by atoms with Crippen LogP contribution in [0.15, 0.2) is 12.5 Å². The molecular formula is C9H14N2O3. The molecule has 0 saturated carbocycles. The van der Waals surface area contributed by atoms with Gasteiger partial charge in [0.2, 0.25) is 0 Å². The van der Waals surface area contributed by atoms with Gasteiger partial charge in [0.15, 0.2) is 0 Å². The molecule has 14 heavy (non-hydrogen) atoms. The van der Waals surface area contributed by atoms with E-state index in [9.17, 15) is 9.90 Å². The van der Waals surface area contributed by atoms with Gasteiger partial charge in [0.05, 0.1) is 24.3 Å². The molecule has 5 nitrogen and oxygen atoms in total. The Kier molecular flexibility index (Phi) is 3.64. The second kappa shape index (κ2) is 4.76. The van der Waals surface area contributed by atoms with Crippen molar-refractivity contribution in [2.45, 2.75) is 32.4 Å². The molecule has 1 aromatic heterocycles. The number of aliphatic hydroxyl groups is 1. The Hall–Kier alpha value is -1.36. The number of carbonyl (C=O) groups is 1. The zero-order chi connectivity index (χ0) is 10.6. The Morgan fingerprint density at radius 2 is 2.43 bits per heavy atom. The molecule has 2 N–H and O–H groups in total. The highest BCUT2D eigenvalue weighted by atomic mass is 16.4. The third kappa shape index (κ3) is 2.56. The summed E-state index contributed by atoms with van der Waals surface area (Å²) in [6, 6.07) is 0. The lowest BCUT2D eigenvalue weighted by molar-refractivity contribution is -0.137. The third-order valence-electron chi connectivity index (χ3n) is 2.06. The molecule has 1 rings (SSSR count). The van der Waals surface area contributed by atoms with E-state index in [4.69, 9.17) is 5.11 Å². The normalized spacial score (nSPS) is 12.7. The van der Waals surface area contributed by atoms with Gasteiger partial charge in [-0.1, -0.05) is 0 Å². The van der Waals surface area contributed by atoms with Gasteiger partial charge in [-0.2, -0.15) is 0 Å². The van der Waals surface area contributed by atoms with Crippen molar-refractivity contribution < 1.29 is 15.0 Å². The molecule has 0 bridgehead atoms. The number of aliphatic hydroxyl groups excluding tert-OH is 1. The van der Waals surface area contributed by atoms with Crippen molar-refractivity contribution in [3.8, 4) is 0 Å². The lowest BCUT2D eigenvalue weighted by atomic mass is 10.1. The second-order valence-corrected chi connectivity index (χ2v) is 3.05.